The molecule has 0 aliphatic carbocycles. The molecular weight excluding hydrogens is 379 g/mol. The van der Waals surface area contributed by atoms with Gasteiger partial charge in [0.2, 0.25) is 10.0 Å². The van der Waals surface area contributed by atoms with E-state index < -0.39 is 10.0 Å². The fourth-order valence-corrected chi connectivity index (χ4v) is 2.68. The summed E-state index contributed by atoms with van der Waals surface area (Å²) in [6.07, 6.45) is 0. The largest absolute Gasteiger partial charge is 0.457 e. The van der Waals surface area contributed by atoms with E-state index >= 15 is 0 Å². The zero-order chi connectivity index (χ0) is 14.0. The molecule has 2 aromatic rings. The van der Waals surface area contributed by atoms with Crippen LogP contribution in [0.5, 0.6) is 11.5 Å². The molecule has 5 nitrogen and oxygen atoms in total. The second kappa shape index (κ2) is 5.35. The Balaban J connectivity index is 2.31. The summed E-state index contributed by atoms with van der Waals surface area (Å²) in [4.78, 5) is -0.109. The summed E-state index contributed by atoms with van der Waals surface area (Å²) in [6, 6.07) is 11.7. The standard InChI is InChI=1S/C12H11IN2O3S/c13-8-2-1-3-9(6-8)18-10-4-5-12(11(14)7-10)19(15,16)17/h1-7H,14H2,(H2,15,16,17). The number of rotatable bonds is 3. The summed E-state index contributed by atoms with van der Waals surface area (Å²) in [7, 11) is -3.81. The number of anilines is 1. The molecular formula is C12H11IN2O3S. The average molecular weight is 390 g/mol. The lowest BCUT2D eigenvalue weighted by Gasteiger charge is -2.08. The van der Waals surface area contributed by atoms with Crippen molar-refractivity contribution in [2.75, 3.05) is 5.73 Å². The van der Waals surface area contributed by atoms with Gasteiger partial charge in [-0.3, -0.25) is 0 Å². The van der Waals surface area contributed by atoms with E-state index in [2.05, 4.69) is 22.6 Å². The van der Waals surface area contributed by atoms with Gasteiger partial charge in [-0.15, -0.1) is 0 Å². The van der Waals surface area contributed by atoms with Gasteiger partial charge in [-0.05, 0) is 52.9 Å². The molecule has 0 unspecified atom stereocenters. The lowest BCUT2D eigenvalue weighted by atomic mass is 10.3. The second-order valence-electron chi connectivity index (χ2n) is 3.80. The van der Waals surface area contributed by atoms with Crippen LogP contribution in [0.3, 0.4) is 0 Å². The SMILES string of the molecule is Nc1cc(Oc2cccc(I)c2)ccc1S(N)(=O)=O. The first kappa shape index (κ1) is 14.1. The first-order valence-electron chi connectivity index (χ1n) is 5.22. The molecule has 0 radical (unpaired) electrons. The molecule has 0 aliphatic rings. The van der Waals surface area contributed by atoms with E-state index in [1.807, 2.05) is 18.2 Å². The van der Waals surface area contributed by atoms with Crippen molar-refractivity contribution in [3.05, 3.63) is 46.0 Å². The minimum atomic E-state index is -3.81. The summed E-state index contributed by atoms with van der Waals surface area (Å²) in [5.74, 6) is 1.10. The van der Waals surface area contributed by atoms with E-state index in [1.165, 1.54) is 18.2 Å². The number of nitrogen functional groups attached to an aromatic ring is 1. The number of nitrogens with two attached hydrogens (primary N) is 2. The molecule has 0 aliphatic heterocycles. The van der Waals surface area contributed by atoms with Crippen LogP contribution >= 0.6 is 22.6 Å². The molecule has 0 aromatic heterocycles. The van der Waals surface area contributed by atoms with E-state index in [0.29, 0.717) is 11.5 Å². The Labute approximate surface area is 124 Å². The van der Waals surface area contributed by atoms with Crippen molar-refractivity contribution in [1.82, 2.24) is 0 Å². The third kappa shape index (κ3) is 3.58. The molecule has 4 N–H and O–H groups in total. The summed E-state index contributed by atoms with van der Waals surface area (Å²) in [5, 5.41) is 5.03. The van der Waals surface area contributed by atoms with Crippen LogP contribution in [0.2, 0.25) is 0 Å². The Morgan fingerprint density at radius 1 is 1.05 bits per heavy atom. The molecule has 2 aromatic carbocycles. The third-order valence-corrected chi connectivity index (χ3v) is 3.98. The summed E-state index contributed by atoms with van der Waals surface area (Å²) in [5.41, 5.74) is 5.71. The van der Waals surface area contributed by atoms with Crippen LogP contribution in [0.1, 0.15) is 0 Å². The Morgan fingerprint density at radius 2 is 1.74 bits per heavy atom. The van der Waals surface area contributed by atoms with E-state index in [1.54, 1.807) is 6.07 Å². The Kier molecular flexibility index (Phi) is 3.97. The summed E-state index contributed by atoms with van der Waals surface area (Å²) >= 11 is 2.17. The number of ether oxygens (including phenoxy) is 1. The Morgan fingerprint density at radius 3 is 2.32 bits per heavy atom. The average Bonchev–Trinajstić information content (AvgIpc) is 2.27. The fraction of sp³-hybridized carbons (Fsp3) is 0. The number of hydrogen-bond donors (Lipinski definition) is 2. The minimum absolute atomic E-state index is 0.0608. The lowest BCUT2D eigenvalue weighted by molar-refractivity contribution is 0.482. The van der Waals surface area contributed by atoms with Crippen LogP contribution in [-0.2, 0) is 10.0 Å². The van der Waals surface area contributed by atoms with Crippen molar-refractivity contribution in [1.29, 1.82) is 0 Å². The lowest BCUT2D eigenvalue weighted by Crippen LogP contribution is -2.14. The number of halogens is 1. The summed E-state index contributed by atoms with van der Waals surface area (Å²) in [6.45, 7) is 0. The van der Waals surface area contributed by atoms with Gasteiger partial charge in [-0.1, -0.05) is 6.07 Å². The van der Waals surface area contributed by atoms with Gasteiger partial charge in [-0.25, -0.2) is 13.6 Å². The van der Waals surface area contributed by atoms with Crippen LogP contribution in [0.15, 0.2) is 47.4 Å². The quantitative estimate of drug-likeness (QED) is 0.621. The van der Waals surface area contributed by atoms with E-state index in [-0.39, 0.29) is 10.6 Å². The molecule has 100 valence electrons. The number of benzene rings is 2. The minimum Gasteiger partial charge on any atom is -0.457 e. The highest BCUT2D eigenvalue weighted by Gasteiger charge is 2.12. The van der Waals surface area contributed by atoms with Crippen LogP contribution in [0.4, 0.5) is 5.69 Å². The van der Waals surface area contributed by atoms with Crippen molar-refractivity contribution < 1.29 is 13.2 Å². The number of hydrogen-bond acceptors (Lipinski definition) is 4. The zero-order valence-corrected chi connectivity index (χ0v) is 12.7. The highest BCUT2D eigenvalue weighted by atomic mass is 127. The molecule has 2 rings (SSSR count). The fourth-order valence-electron chi connectivity index (χ4n) is 1.52. The van der Waals surface area contributed by atoms with Crippen LogP contribution < -0.4 is 15.6 Å². The molecule has 7 heteroatoms. The predicted molar refractivity (Wildman–Crippen MR) is 81.5 cm³/mol. The summed E-state index contributed by atoms with van der Waals surface area (Å²) < 4.78 is 29.1. The molecule has 0 saturated heterocycles. The molecule has 0 heterocycles. The van der Waals surface area contributed by atoms with Crippen molar-refractivity contribution in [2.24, 2.45) is 5.14 Å². The van der Waals surface area contributed by atoms with Crippen LogP contribution in [0.25, 0.3) is 0 Å². The Bertz CT molecular complexity index is 717. The van der Waals surface area contributed by atoms with Gasteiger partial charge in [0.25, 0.3) is 0 Å². The smallest absolute Gasteiger partial charge is 0.240 e. The molecule has 0 bridgehead atoms. The van der Waals surface area contributed by atoms with Crippen molar-refractivity contribution in [2.45, 2.75) is 4.90 Å². The zero-order valence-electron chi connectivity index (χ0n) is 9.71. The predicted octanol–water partition coefficient (Wildman–Crippen LogP) is 2.31. The van der Waals surface area contributed by atoms with Crippen molar-refractivity contribution in [3.63, 3.8) is 0 Å². The normalized spacial score (nSPS) is 11.3. The van der Waals surface area contributed by atoms with E-state index in [9.17, 15) is 8.42 Å². The van der Waals surface area contributed by atoms with Crippen LogP contribution in [-0.4, -0.2) is 8.42 Å². The first-order chi connectivity index (χ1) is 8.86. The molecule has 0 fully saturated rings. The maximum Gasteiger partial charge on any atom is 0.240 e. The molecule has 19 heavy (non-hydrogen) atoms. The maximum absolute atomic E-state index is 11.2. The molecule has 0 atom stereocenters. The Hall–Kier alpha value is -1.32. The van der Waals surface area contributed by atoms with Gasteiger partial charge in [-0.2, -0.15) is 0 Å². The monoisotopic (exact) mass is 390 g/mol. The number of primary sulfonamides is 1. The van der Waals surface area contributed by atoms with E-state index in [4.69, 9.17) is 15.6 Å². The van der Waals surface area contributed by atoms with Gasteiger partial charge in [0.15, 0.2) is 0 Å². The first-order valence-corrected chi connectivity index (χ1v) is 7.84. The number of sulfonamides is 1. The molecule has 0 saturated carbocycles. The third-order valence-electron chi connectivity index (χ3n) is 2.32. The molecule has 0 spiro atoms. The van der Waals surface area contributed by atoms with E-state index in [0.717, 1.165) is 3.57 Å². The van der Waals surface area contributed by atoms with Gasteiger partial charge in [0.05, 0.1) is 5.69 Å². The van der Waals surface area contributed by atoms with Crippen LogP contribution in [0, 0.1) is 3.57 Å². The van der Waals surface area contributed by atoms with Gasteiger partial charge in [0.1, 0.15) is 16.4 Å². The topological polar surface area (TPSA) is 95.4 Å². The van der Waals surface area contributed by atoms with Gasteiger partial charge >= 0.3 is 0 Å². The van der Waals surface area contributed by atoms with Crippen molar-refractivity contribution in [3.8, 4) is 11.5 Å². The highest BCUT2D eigenvalue weighted by molar-refractivity contribution is 14.1. The highest BCUT2D eigenvalue weighted by Crippen LogP contribution is 2.27. The van der Waals surface area contributed by atoms with Gasteiger partial charge in [0, 0.05) is 9.64 Å². The maximum atomic E-state index is 11.2. The van der Waals surface area contributed by atoms with Gasteiger partial charge < -0.3 is 10.5 Å². The second-order valence-corrected chi connectivity index (χ2v) is 6.58. The van der Waals surface area contributed by atoms with Crippen molar-refractivity contribution >= 4 is 38.3 Å². The molecule has 0 amide bonds.